The molecule has 1 aliphatic rings. The first-order valence-corrected chi connectivity index (χ1v) is 8.25. The molecule has 0 bridgehead atoms. The summed E-state index contributed by atoms with van der Waals surface area (Å²) in [5.74, 6) is 0.568. The molecule has 0 heterocycles. The molecule has 1 fully saturated rings. The Balaban J connectivity index is 2.30. The predicted molar refractivity (Wildman–Crippen MR) is 68.5 cm³/mol. The standard InChI is InChI=1S/C12H23NO3S/c1-2-17(15,16)8-4-7-12(14)10-5-3-6-11(13)9-10/h10-11H,2-9,13H2,1H3. The van der Waals surface area contributed by atoms with E-state index in [0.29, 0.717) is 12.8 Å². The first-order valence-electron chi connectivity index (χ1n) is 6.43. The lowest BCUT2D eigenvalue weighted by atomic mass is 9.82. The van der Waals surface area contributed by atoms with Crippen molar-refractivity contribution in [1.29, 1.82) is 0 Å². The normalized spacial score (nSPS) is 25.8. The Morgan fingerprint density at radius 1 is 1.35 bits per heavy atom. The summed E-state index contributed by atoms with van der Waals surface area (Å²) in [6.07, 6.45) is 4.57. The molecule has 0 amide bonds. The molecule has 0 spiro atoms. The summed E-state index contributed by atoms with van der Waals surface area (Å²) in [4.78, 5) is 11.9. The Bertz CT molecular complexity index is 351. The third kappa shape index (κ3) is 5.17. The van der Waals surface area contributed by atoms with Crippen molar-refractivity contribution in [3.8, 4) is 0 Å². The van der Waals surface area contributed by atoms with Crippen LogP contribution in [0.5, 0.6) is 0 Å². The molecule has 1 rings (SSSR count). The van der Waals surface area contributed by atoms with Gasteiger partial charge in [0, 0.05) is 24.1 Å². The van der Waals surface area contributed by atoms with E-state index in [4.69, 9.17) is 5.73 Å². The fraction of sp³-hybridized carbons (Fsp3) is 0.917. The molecular weight excluding hydrogens is 238 g/mol. The lowest BCUT2D eigenvalue weighted by molar-refractivity contribution is -0.123. The third-order valence-corrected chi connectivity index (χ3v) is 5.28. The molecule has 2 unspecified atom stereocenters. The number of hydrogen-bond donors (Lipinski definition) is 1. The summed E-state index contributed by atoms with van der Waals surface area (Å²) in [6, 6.07) is 0.150. The van der Waals surface area contributed by atoms with Crippen molar-refractivity contribution in [3.05, 3.63) is 0 Å². The topological polar surface area (TPSA) is 77.2 Å². The zero-order valence-electron chi connectivity index (χ0n) is 10.5. The molecule has 2 N–H and O–H groups in total. The molecule has 17 heavy (non-hydrogen) atoms. The van der Waals surface area contributed by atoms with Crippen LogP contribution in [0.4, 0.5) is 0 Å². The minimum Gasteiger partial charge on any atom is -0.328 e. The largest absolute Gasteiger partial charge is 0.328 e. The van der Waals surface area contributed by atoms with Crippen LogP contribution in [0.15, 0.2) is 0 Å². The second kappa shape index (κ2) is 6.50. The van der Waals surface area contributed by atoms with Gasteiger partial charge < -0.3 is 5.73 Å². The first-order chi connectivity index (χ1) is 7.94. The summed E-state index contributed by atoms with van der Waals surface area (Å²) in [5.41, 5.74) is 5.83. The van der Waals surface area contributed by atoms with Gasteiger partial charge in [0.25, 0.3) is 0 Å². The number of nitrogens with two attached hydrogens (primary N) is 1. The van der Waals surface area contributed by atoms with Gasteiger partial charge >= 0.3 is 0 Å². The fourth-order valence-electron chi connectivity index (χ4n) is 2.33. The molecule has 0 radical (unpaired) electrons. The van der Waals surface area contributed by atoms with Crippen molar-refractivity contribution >= 4 is 15.6 Å². The van der Waals surface area contributed by atoms with Crippen LogP contribution < -0.4 is 5.73 Å². The van der Waals surface area contributed by atoms with Gasteiger partial charge in [0.1, 0.15) is 15.6 Å². The van der Waals surface area contributed by atoms with Gasteiger partial charge in [-0.1, -0.05) is 13.3 Å². The second-order valence-corrected chi connectivity index (χ2v) is 7.40. The average Bonchev–Trinajstić information content (AvgIpc) is 2.28. The van der Waals surface area contributed by atoms with Crippen molar-refractivity contribution in [1.82, 2.24) is 0 Å². The Morgan fingerprint density at radius 2 is 2.06 bits per heavy atom. The van der Waals surface area contributed by atoms with Crippen molar-refractivity contribution < 1.29 is 13.2 Å². The number of ketones is 1. The summed E-state index contributed by atoms with van der Waals surface area (Å²) in [7, 11) is -2.93. The van der Waals surface area contributed by atoms with Crippen LogP contribution in [0.3, 0.4) is 0 Å². The van der Waals surface area contributed by atoms with E-state index in [1.807, 2.05) is 0 Å². The van der Waals surface area contributed by atoms with Crippen molar-refractivity contribution in [2.45, 2.75) is 51.5 Å². The highest BCUT2D eigenvalue weighted by molar-refractivity contribution is 7.91. The lowest BCUT2D eigenvalue weighted by Gasteiger charge is -2.25. The maximum Gasteiger partial charge on any atom is 0.150 e. The Labute approximate surface area is 104 Å². The molecule has 0 aliphatic heterocycles. The third-order valence-electron chi connectivity index (χ3n) is 3.49. The van der Waals surface area contributed by atoms with Gasteiger partial charge in [-0.3, -0.25) is 4.79 Å². The number of carbonyl (C=O) groups is 1. The fourth-order valence-corrected chi connectivity index (χ4v) is 3.21. The van der Waals surface area contributed by atoms with Crippen LogP contribution in [0.1, 0.15) is 45.4 Å². The monoisotopic (exact) mass is 261 g/mol. The molecule has 5 heteroatoms. The molecule has 0 aromatic rings. The molecule has 100 valence electrons. The van der Waals surface area contributed by atoms with E-state index in [1.54, 1.807) is 6.92 Å². The first kappa shape index (κ1) is 14.6. The van der Waals surface area contributed by atoms with Crippen molar-refractivity contribution in [2.75, 3.05) is 11.5 Å². The van der Waals surface area contributed by atoms with Gasteiger partial charge in [0.05, 0.1) is 5.75 Å². The van der Waals surface area contributed by atoms with E-state index in [-0.39, 0.29) is 29.2 Å². The van der Waals surface area contributed by atoms with Crippen molar-refractivity contribution in [2.24, 2.45) is 11.7 Å². The van der Waals surface area contributed by atoms with Gasteiger partial charge in [-0.2, -0.15) is 0 Å². The summed E-state index contributed by atoms with van der Waals surface area (Å²) >= 11 is 0. The highest BCUT2D eigenvalue weighted by atomic mass is 32.2. The van der Waals surface area contributed by atoms with E-state index in [1.165, 1.54) is 0 Å². The van der Waals surface area contributed by atoms with E-state index in [2.05, 4.69) is 0 Å². The van der Waals surface area contributed by atoms with Gasteiger partial charge in [0.2, 0.25) is 0 Å². The minimum atomic E-state index is -2.93. The molecule has 1 saturated carbocycles. The highest BCUT2D eigenvalue weighted by Crippen LogP contribution is 2.25. The highest BCUT2D eigenvalue weighted by Gasteiger charge is 2.24. The van der Waals surface area contributed by atoms with Crippen LogP contribution in [-0.4, -0.2) is 31.7 Å². The lowest BCUT2D eigenvalue weighted by Crippen LogP contribution is -2.31. The van der Waals surface area contributed by atoms with E-state index >= 15 is 0 Å². The predicted octanol–water partition coefficient (Wildman–Crippen LogP) is 1.29. The zero-order chi connectivity index (χ0) is 12.9. The van der Waals surface area contributed by atoms with Gasteiger partial charge in [-0.05, 0) is 25.7 Å². The van der Waals surface area contributed by atoms with Crippen LogP contribution in [-0.2, 0) is 14.6 Å². The molecular formula is C12H23NO3S. The van der Waals surface area contributed by atoms with Crippen LogP contribution >= 0.6 is 0 Å². The Kier molecular flexibility index (Phi) is 5.59. The zero-order valence-corrected chi connectivity index (χ0v) is 11.3. The molecule has 0 aromatic heterocycles. The SMILES string of the molecule is CCS(=O)(=O)CCCC(=O)C1CCCC(N)C1. The summed E-state index contributed by atoms with van der Waals surface area (Å²) in [5, 5.41) is 0. The second-order valence-electron chi connectivity index (χ2n) is 4.93. The number of hydrogen-bond acceptors (Lipinski definition) is 4. The van der Waals surface area contributed by atoms with E-state index in [0.717, 1.165) is 25.7 Å². The van der Waals surface area contributed by atoms with Gasteiger partial charge in [-0.15, -0.1) is 0 Å². The molecule has 0 saturated heterocycles. The molecule has 4 nitrogen and oxygen atoms in total. The number of Topliss-reactive ketones (excluding diaryl/α,β-unsaturated/α-hetero) is 1. The molecule has 1 aliphatic carbocycles. The molecule has 0 aromatic carbocycles. The van der Waals surface area contributed by atoms with Crippen LogP contribution in [0, 0.1) is 5.92 Å². The maximum atomic E-state index is 11.9. The maximum absolute atomic E-state index is 11.9. The van der Waals surface area contributed by atoms with Crippen LogP contribution in [0.25, 0.3) is 0 Å². The molecule has 2 atom stereocenters. The summed E-state index contributed by atoms with van der Waals surface area (Å²) < 4.78 is 22.6. The van der Waals surface area contributed by atoms with Gasteiger partial charge in [0.15, 0.2) is 0 Å². The van der Waals surface area contributed by atoms with Gasteiger partial charge in [-0.25, -0.2) is 8.42 Å². The van der Waals surface area contributed by atoms with Crippen molar-refractivity contribution in [3.63, 3.8) is 0 Å². The van der Waals surface area contributed by atoms with Crippen LogP contribution in [0.2, 0.25) is 0 Å². The number of sulfone groups is 1. The smallest absolute Gasteiger partial charge is 0.150 e. The average molecular weight is 261 g/mol. The number of rotatable bonds is 6. The Morgan fingerprint density at radius 3 is 2.65 bits per heavy atom. The minimum absolute atomic E-state index is 0.0723. The van der Waals surface area contributed by atoms with E-state index in [9.17, 15) is 13.2 Å². The van der Waals surface area contributed by atoms with E-state index < -0.39 is 9.84 Å². The Hall–Kier alpha value is -0.420. The quantitative estimate of drug-likeness (QED) is 0.781. The number of carbonyl (C=O) groups excluding carboxylic acids is 1. The summed E-state index contributed by atoms with van der Waals surface area (Å²) in [6.45, 7) is 1.64.